The highest BCUT2D eigenvalue weighted by molar-refractivity contribution is 5.93. The molecule has 0 aliphatic carbocycles. The summed E-state index contributed by atoms with van der Waals surface area (Å²) in [4.78, 5) is 49.5. The Morgan fingerprint density at radius 2 is 1.44 bits per heavy atom. The number of hydroxylamine groups is 1. The Hall–Kier alpha value is -2.94. The fourth-order valence-electron chi connectivity index (χ4n) is 3.46. The van der Waals surface area contributed by atoms with Gasteiger partial charge in [-0.1, -0.05) is 58.0 Å². The molecule has 0 saturated carbocycles. The molecule has 0 fully saturated rings. The molecule has 1 aromatic rings. The summed E-state index contributed by atoms with van der Waals surface area (Å²) < 4.78 is 0. The van der Waals surface area contributed by atoms with Crippen molar-refractivity contribution in [2.75, 3.05) is 0 Å². The van der Waals surface area contributed by atoms with Crippen LogP contribution in [0.2, 0.25) is 0 Å². The first-order chi connectivity index (χ1) is 15.0. The molecule has 0 spiro atoms. The number of nitrogens with two attached hydrogens (primary N) is 1. The summed E-state index contributed by atoms with van der Waals surface area (Å²) in [5.41, 5.74) is 7.88. The molecule has 0 aromatic heterocycles. The molecule has 3 atom stereocenters. The lowest BCUT2D eigenvalue weighted by atomic mass is 9.92. The summed E-state index contributed by atoms with van der Waals surface area (Å²) in [6.45, 7) is 7.65. The van der Waals surface area contributed by atoms with E-state index in [4.69, 9.17) is 10.9 Å². The minimum absolute atomic E-state index is 0.0801. The maximum Gasteiger partial charge on any atom is 0.244 e. The fourth-order valence-corrected chi connectivity index (χ4v) is 3.46. The molecular weight excluding hydrogens is 412 g/mol. The first-order valence-corrected chi connectivity index (χ1v) is 10.9. The van der Waals surface area contributed by atoms with Crippen LogP contribution < -0.4 is 21.8 Å². The van der Waals surface area contributed by atoms with Gasteiger partial charge in [0.1, 0.15) is 12.1 Å². The minimum Gasteiger partial charge on any atom is -0.368 e. The second-order valence-corrected chi connectivity index (χ2v) is 8.91. The Morgan fingerprint density at radius 1 is 0.875 bits per heavy atom. The van der Waals surface area contributed by atoms with E-state index in [-0.39, 0.29) is 24.7 Å². The molecule has 0 aliphatic rings. The quantitative estimate of drug-likeness (QED) is 0.228. The molecule has 0 saturated heterocycles. The summed E-state index contributed by atoms with van der Waals surface area (Å²) in [5.74, 6) is -2.82. The Balaban J connectivity index is 2.95. The molecule has 1 rings (SSSR count). The van der Waals surface area contributed by atoms with Crippen molar-refractivity contribution < 1.29 is 24.4 Å². The largest absolute Gasteiger partial charge is 0.368 e. The highest BCUT2D eigenvalue weighted by atomic mass is 16.5. The maximum atomic E-state index is 13.0. The third-order valence-corrected chi connectivity index (χ3v) is 4.97. The molecule has 0 radical (unpaired) electrons. The maximum absolute atomic E-state index is 13.0. The van der Waals surface area contributed by atoms with E-state index in [9.17, 15) is 19.2 Å². The van der Waals surface area contributed by atoms with Gasteiger partial charge >= 0.3 is 0 Å². The highest BCUT2D eigenvalue weighted by Crippen LogP contribution is 2.17. The third kappa shape index (κ3) is 9.91. The van der Waals surface area contributed by atoms with Crippen LogP contribution in [-0.2, 0) is 25.6 Å². The molecule has 1 unspecified atom stereocenters. The first kappa shape index (κ1) is 27.1. The molecule has 9 heteroatoms. The van der Waals surface area contributed by atoms with Gasteiger partial charge in [-0.2, -0.15) is 0 Å². The fraction of sp³-hybridized carbons (Fsp3) is 0.565. The molecular formula is C23H36N4O5. The van der Waals surface area contributed by atoms with Gasteiger partial charge < -0.3 is 16.4 Å². The van der Waals surface area contributed by atoms with Crippen LogP contribution in [0.25, 0.3) is 0 Å². The highest BCUT2D eigenvalue weighted by Gasteiger charge is 2.30. The van der Waals surface area contributed by atoms with Gasteiger partial charge in [0.05, 0.1) is 0 Å². The van der Waals surface area contributed by atoms with E-state index in [1.807, 2.05) is 58.0 Å². The number of carbonyl (C=O) groups is 4. The van der Waals surface area contributed by atoms with E-state index in [0.717, 1.165) is 5.56 Å². The average molecular weight is 449 g/mol. The molecule has 6 N–H and O–H groups in total. The second kappa shape index (κ2) is 13.5. The number of amides is 4. The SMILES string of the molecule is CC(C)CC(CC(=O)NO)C(=O)N[C@@H](CC(C)C)C(=O)N[C@@H](Cc1ccccc1)C(N)=O. The Morgan fingerprint density at radius 3 is 1.94 bits per heavy atom. The Bertz CT molecular complexity index is 767. The molecule has 0 bridgehead atoms. The van der Waals surface area contributed by atoms with E-state index in [1.165, 1.54) is 0 Å². The zero-order chi connectivity index (χ0) is 24.3. The standard InChI is InChI=1S/C23H36N4O5/c1-14(2)10-17(13-20(28)27-32)22(30)26-19(11-15(3)4)23(31)25-18(21(24)29)12-16-8-6-5-7-9-16/h5-9,14-15,17-19,32H,10-13H2,1-4H3,(H2,24,29)(H,25,31)(H,26,30)(H,27,28)/t17?,18-,19-/m0/s1. The van der Waals surface area contributed by atoms with E-state index in [1.54, 1.807) is 5.48 Å². The van der Waals surface area contributed by atoms with Crippen molar-refractivity contribution in [1.29, 1.82) is 0 Å². The summed E-state index contributed by atoms with van der Waals surface area (Å²) in [6.07, 6.45) is 0.785. The number of hydrogen-bond acceptors (Lipinski definition) is 5. The van der Waals surface area contributed by atoms with Gasteiger partial charge in [-0.15, -0.1) is 0 Å². The number of benzene rings is 1. The predicted molar refractivity (Wildman–Crippen MR) is 120 cm³/mol. The molecule has 0 aliphatic heterocycles. The average Bonchev–Trinajstić information content (AvgIpc) is 2.72. The summed E-state index contributed by atoms with van der Waals surface area (Å²) in [7, 11) is 0. The lowest BCUT2D eigenvalue weighted by Gasteiger charge is -2.25. The second-order valence-electron chi connectivity index (χ2n) is 8.91. The summed E-state index contributed by atoms with van der Waals surface area (Å²) >= 11 is 0. The predicted octanol–water partition coefficient (Wildman–Crippen LogP) is 1.29. The summed E-state index contributed by atoms with van der Waals surface area (Å²) in [6, 6.07) is 7.34. The molecule has 0 heterocycles. The van der Waals surface area contributed by atoms with Crippen molar-refractivity contribution >= 4 is 23.6 Å². The number of nitrogens with one attached hydrogen (secondary N) is 3. The van der Waals surface area contributed by atoms with Crippen LogP contribution in [-0.4, -0.2) is 40.9 Å². The smallest absolute Gasteiger partial charge is 0.244 e. The molecule has 1 aromatic carbocycles. The number of carbonyl (C=O) groups excluding carboxylic acids is 4. The van der Waals surface area contributed by atoms with Crippen molar-refractivity contribution in [3.8, 4) is 0 Å². The van der Waals surface area contributed by atoms with Crippen LogP contribution in [0.3, 0.4) is 0 Å². The lowest BCUT2D eigenvalue weighted by molar-refractivity contribution is -0.137. The van der Waals surface area contributed by atoms with Crippen LogP contribution >= 0.6 is 0 Å². The zero-order valence-electron chi connectivity index (χ0n) is 19.3. The van der Waals surface area contributed by atoms with Gasteiger partial charge in [-0.05, 0) is 30.2 Å². The van der Waals surface area contributed by atoms with Crippen LogP contribution in [0.15, 0.2) is 30.3 Å². The van der Waals surface area contributed by atoms with Crippen LogP contribution in [0.5, 0.6) is 0 Å². The van der Waals surface area contributed by atoms with Crippen LogP contribution in [0.1, 0.15) is 52.5 Å². The Labute approximate surface area is 189 Å². The number of primary amides is 1. The van der Waals surface area contributed by atoms with E-state index in [2.05, 4.69) is 10.6 Å². The molecule has 32 heavy (non-hydrogen) atoms. The van der Waals surface area contributed by atoms with Crippen molar-refractivity contribution in [3.05, 3.63) is 35.9 Å². The topological polar surface area (TPSA) is 151 Å². The number of hydrogen-bond donors (Lipinski definition) is 5. The van der Waals surface area contributed by atoms with E-state index >= 15 is 0 Å². The third-order valence-electron chi connectivity index (χ3n) is 4.97. The van der Waals surface area contributed by atoms with Gasteiger partial charge in [0.2, 0.25) is 23.6 Å². The van der Waals surface area contributed by atoms with E-state index in [0.29, 0.717) is 12.8 Å². The van der Waals surface area contributed by atoms with E-state index < -0.39 is 41.6 Å². The van der Waals surface area contributed by atoms with Crippen molar-refractivity contribution in [2.45, 2.75) is 65.5 Å². The monoisotopic (exact) mass is 448 g/mol. The van der Waals surface area contributed by atoms with Crippen molar-refractivity contribution in [2.24, 2.45) is 23.5 Å². The molecule has 9 nitrogen and oxygen atoms in total. The van der Waals surface area contributed by atoms with Gasteiger partial charge in [0, 0.05) is 18.8 Å². The molecule has 4 amide bonds. The minimum atomic E-state index is -0.928. The summed E-state index contributed by atoms with van der Waals surface area (Å²) in [5, 5.41) is 14.2. The number of rotatable bonds is 13. The zero-order valence-corrected chi connectivity index (χ0v) is 19.3. The van der Waals surface area contributed by atoms with Crippen LogP contribution in [0.4, 0.5) is 0 Å². The van der Waals surface area contributed by atoms with Gasteiger partial charge in [-0.3, -0.25) is 24.4 Å². The van der Waals surface area contributed by atoms with Crippen molar-refractivity contribution in [1.82, 2.24) is 16.1 Å². The van der Waals surface area contributed by atoms with Crippen molar-refractivity contribution in [3.63, 3.8) is 0 Å². The Kier molecular flexibility index (Phi) is 11.4. The van der Waals surface area contributed by atoms with Gasteiger partial charge in [-0.25, -0.2) is 5.48 Å². The first-order valence-electron chi connectivity index (χ1n) is 10.9. The van der Waals surface area contributed by atoms with Crippen LogP contribution in [0, 0.1) is 17.8 Å². The van der Waals surface area contributed by atoms with Gasteiger partial charge in [0.15, 0.2) is 0 Å². The van der Waals surface area contributed by atoms with Gasteiger partial charge in [0.25, 0.3) is 0 Å². The molecule has 178 valence electrons. The lowest BCUT2D eigenvalue weighted by Crippen LogP contribution is -2.54. The normalized spacial score (nSPS) is 13.8.